The van der Waals surface area contributed by atoms with Crippen molar-refractivity contribution < 1.29 is 13.5 Å². The Labute approximate surface area is 123 Å². The topological polar surface area (TPSA) is 109 Å². The van der Waals surface area contributed by atoms with Crippen molar-refractivity contribution in [3.05, 3.63) is 17.3 Å². The first kappa shape index (κ1) is 17.1. The fourth-order valence-electron chi connectivity index (χ4n) is 1.62. The van der Waals surface area contributed by atoms with E-state index in [4.69, 9.17) is 17.4 Å². The maximum absolute atomic E-state index is 12.5. The van der Waals surface area contributed by atoms with Gasteiger partial charge in [0, 0.05) is 19.3 Å². The largest absolute Gasteiger partial charge is 0.389 e. The predicted octanol–water partition coefficient (Wildman–Crippen LogP) is 0.802. The molecular formula is C11H19ClN4O3S. The molecule has 0 atom stereocenters. The maximum atomic E-state index is 12.5. The number of rotatable bonds is 6. The summed E-state index contributed by atoms with van der Waals surface area (Å²) in [7, 11) is -3.77. The lowest BCUT2D eigenvalue weighted by atomic mass is 10.1. The molecule has 0 unspecified atom stereocenters. The third-order valence-corrected chi connectivity index (χ3v) is 4.68. The first-order chi connectivity index (χ1) is 9.11. The number of nitrogens with zero attached hydrogens (tertiary/aromatic N) is 2. The number of hydrogen-bond acceptors (Lipinski definition) is 6. The molecule has 9 heteroatoms. The van der Waals surface area contributed by atoms with Crippen LogP contribution in [0.2, 0.25) is 5.02 Å². The number of anilines is 1. The van der Waals surface area contributed by atoms with E-state index in [9.17, 15) is 13.5 Å². The number of pyridine rings is 1. The van der Waals surface area contributed by atoms with Gasteiger partial charge >= 0.3 is 0 Å². The van der Waals surface area contributed by atoms with Crippen molar-refractivity contribution in [2.45, 2.75) is 31.3 Å². The van der Waals surface area contributed by atoms with E-state index < -0.39 is 15.6 Å². The Morgan fingerprint density at radius 1 is 1.55 bits per heavy atom. The number of hydrogen-bond donors (Lipinski definition) is 3. The zero-order valence-corrected chi connectivity index (χ0v) is 13.2. The van der Waals surface area contributed by atoms with Gasteiger partial charge in [-0.2, -0.15) is 4.31 Å². The van der Waals surface area contributed by atoms with Gasteiger partial charge < -0.3 is 10.5 Å². The highest BCUT2D eigenvalue weighted by atomic mass is 35.5. The van der Waals surface area contributed by atoms with E-state index in [1.807, 2.05) is 0 Å². The molecule has 0 bridgehead atoms. The van der Waals surface area contributed by atoms with Crippen molar-refractivity contribution in [3.63, 3.8) is 0 Å². The van der Waals surface area contributed by atoms with E-state index in [-0.39, 0.29) is 28.8 Å². The number of aliphatic hydroxyl groups is 1. The molecule has 0 spiro atoms. The van der Waals surface area contributed by atoms with Gasteiger partial charge in [-0.3, -0.25) is 0 Å². The lowest BCUT2D eigenvalue weighted by molar-refractivity contribution is 0.0601. The minimum Gasteiger partial charge on any atom is -0.389 e. The standard InChI is InChI=1S/C11H19ClN4O3S/c1-4-16(7-11(2,3)17)20(18,19)8-5-9(12)10(15-13)14-6-8/h5-6,17H,4,7,13H2,1-3H3,(H,14,15). The van der Waals surface area contributed by atoms with Crippen LogP contribution in [-0.2, 0) is 10.0 Å². The van der Waals surface area contributed by atoms with Crippen molar-refractivity contribution in [2.75, 3.05) is 18.5 Å². The van der Waals surface area contributed by atoms with Gasteiger partial charge in [0.2, 0.25) is 10.0 Å². The lowest BCUT2D eigenvalue weighted by Gasteiger charge is -2.27. The molecule has 1 heterocycles. The van der Waals surface area contributed by atoms with Crippen molar-refractivity contribution in [2.24, 2.45) is 5.84 Å². The molecule has 0 aromatic carbocycles. The average molecular weight is 323 g/mol. The van der Waals surface area contributed by atoms with Crippen LogP contribution < -0.4 is 11.3 Å². The summed E-state index contributed by atoms with van der Waals surface area (Å²) < 4.78 is 26.1. The Balaban J connectivity index is 3.17. The van der Waals surface area contributed by atoms with E-state index in [0.29, 0.717) is 0 Å². The van der Waals surface area contributed by atoms with Gasteiger partial charge in [0.05, 0.1) is 10.6 Å². The molecule has 0 aliphatic carbocycles. The lowest BCUT2D eigenvalue weighted by Crippen LogP contribution is -2.42. The molecule has 114 valence electrons. The summed E-state index contributed by atoms with van der Waals surface area (Å²) in [4.78, 5) is 3.79. The molecule has 4 N–H and O–H groups in total. The SMILES string of the molecule is CCN(CC(C)(C)O)S(=O)(=O)c1cnc(NN)c(Cl)c1. The van der Waals surface area contributed by atoms with Crippen LogP contribution in [0.25, 0.3) is 0 Å². The second-order valence-electron chi connectivity index (χ2n) is 4.89. The highest BCUT2D eigenvalue weighted by molar-refractivity contribution is 7.89. The quantitative estimate of drug-likeness (QED) is 0.528. The van der Waals surface area contributed by atoms with Crippen molar-refractivity contribution >= 4 is 27.4 Å². The molecule has 1 rings (SSSR count). The van der Waals surface area contributed by atoms with E-state index in [0.717, 1.165) is 4.31 Å². The highest BCUT2D eigenvalue weighted by Crippen LogP contribution is 2.24. The molecule has 0 saturated heterocycles. The Kier molecular flexibility index (Phi) is 5.33. The molecule has 0 amide bonds. The molecule has 1 aromatic rings. The first-order valence-electron chi connectivity index (χ1n) is 5.96. The number of halogens is 1. The summed E-state index contributed by atoms with van der Waals surface area (Å²) in [5, 5.41) is 9.90. The van der Waals surface area contributed by atoms with E-state index in [1.54, 1.807) is 6.92 Å². The third kappa shape index (κ3) is 4.03. The number of likely N-dealkylation sites (N-methyl/N-ethyl adjacent to an activating group) is 1. The normalized spacial score (nSPS) is 12.8. The molecule has 0 radical (unpaired) electrons. The number of nitrogens with two attached hydrogens (primary N) is 1. The third-order valence-electron chi connectivity index (χ3n) is 2.51. The average Bonchev–Trinajstić information content (AvgIpc) is 2.34. The number of aromatic nitrogens is 1. The van der Waals surface area contributed by atoms with Crippen LogP contribution in [0.5, 0.6) is 0 Å². The van der Waals surface area contributed by atoms with Crippen LogP contribution in [0.15, 0.2) is 17.2 Å². The van der Waals surface area contributed by atoms with Gasteiger partial charge in [-0.05, 0) is 19.9 Å². The molecule has 20 heavy (non-hydrogen) atoms. The monoisotopic (exact) mass is 322 g/mol. The van der Waals surface area contributed by atoms with Crippen LogP contribution in [0.3, 0.4) is 0 Å². The zero-order chi connectivity index (χ0) is 15.6. The summed E-state index contributed by atoms with van der Waals surface area (Å²) in [6.45, 7) is 4.96. The van der Waals surface area contributed by atoms with Crippen molar-refractivity contribution in [1.82, 2.24) is 9.29 Å². The minimum atomic E-state index is -3.77. The van der Waals surface area contributed by atoms with Crippen LogP contribution >= 0.6 is 11.6 Å². The Hall–Kier alpha value is -0.930. The van der Waals surface area contributed by atoms with E-state index >= 15 is 0 Å². The van der Waals surface area contributed by atoms with Crippen molar-refractivity contribution in [3.8, 4) is 0 Å². The highest BCUT2D eigenvalue weighted by Gasteiger charge is 2.29. The molecule has 0 saturated carbocycles. The Bertz CT molecular complexity index is 572. The summed E-state index contributed by atoms with van der Waals surface area (Å²) in [6, 6.07) is 1.27. The smallest absolute Gasteiger partial charge is 0.244 e. The molecular weight excluding hydrogens is 304 g/mol. The summed E-state index contributed by atoms with van der Waals surface area (Å²) >= 11 is 5.88. The molecule has 1 aromatic heterocycles. The molecule has 0 aliphatic rings. The summed E-state index contributed by atoms with van der Waals surface area (Å²) in [5.74, 6) is 5.38. The summed E-state index contributed by atoms with van der Waals surface area (Å²) in [5.41, 5.74) is 1.12. The van der Waals surface area contributed by atoms with Gasteiger partial charge in [0.25, 0.3) is 0 Å². The zero-order valence-electron chi connectivity index (χ0n) is 11.6. The van der Waals surface area contributed by atoms with Gasteiger partial charge in [-0.15, -0.1) is 0 Å². The Morgan fingerprint density at radius 3 is 2.55 bits per heavy atom. The number of nitrogen functional groups attached to an aromatic ring is 1. The van der Waals surface area contributed by atoms with Crippen LogP contribution in [0.4, 0.5) is 5.82 Å². The molecule has 7 nitrogen and oxygen atoms in total. The maximum Gasteiger partial charge on any atom is 0.244 e. The van der Waals surface area contributed by atoms with Gasteiger partial charge in [-0.1, -0.05) is 18.5 Å². The number of hydrazine groups is 1. The number of nitrogens with one attached hydrogen (secondary N) is 1. The van der Waals surface area contributed by atoms with Crippen LogP contribution in [0.1, 0.15) is 20.8 Å². The summed E-state index contributed by atoms with van der Waals surface area (Å²) in [6.07, 6.45) is 1.17. The second-order valence-corrected chi connectivity index (χ2v) is 7.23. The van der Waals surface area contributed by atoms with E-state index in [1.165, 1.54) is 26.1 Å². The van der Waals surface area contributed by atoms with Crippen LogP contribution in [0, 0.1) is 0 Å². The van der Waals surface area contributed by atoms with Crippen molar-refractivity contribution in [1.29, 1.82) is 0 Å². The van der Waals surface area contributed by atoms with Gasteiger partial charge in [0.15, 0.2) is 5.82 Å². The fraction of sp³-hybridized carbons (Fsp3) is 0.545. The predicted molar refractivity (Wildman–Crippen MR) is 77.8 cm³/mol. The fourth-order valence-corrected chi connectivity index (χ4v) is 3.48. The molecule has 0 fully saturated rings. The molecule has 0 aliphatic heterocycles. The first-order valence-corrected chi connectivity index (χ1v) is 7.78. The Morgan fingerprint density at radius 2 is 2.15 bits per heavy atom. The number of sulfonamides is 1. The van der Waals surface area contributed by atoms with Gasteiger partial charge in [0.1, 0.15) is 4.90 Å². The minimum absolute atomic E-state index is 0.0274. The van der Waals surface area contributed by atoms with E-state index in [2.05, 4.69) is 10.4 Å². The second kappa shape index (κ2) is 6.23. The van der Waals surface area contributed by atoms with Gasteiger partial charge in [-0.25, -0.2) is 19.2 Å². The van der Waals surface area contributed by atoms with Crippen LogP contribution in [-0.4, -0.2) is 41.5 Å².